The van der Waals surface area contributed by atoms with Crippen LogP contribution >= 0.6 is 11.3 Å². The molecule has 0 aliphatic carbocycles. The lowest BCUT2D eigenvalue weighted by Gasteiger charge is -2.13. The van der Waals surface area contributed by atoms with Gasteiger partial charge in [0.25, 0.3) is 0 Å². The van der Waals surface area contributed by atoms with Gasteiger partial charge in [-0.15, -0.1) is 11.3 Å². The van der Waals surface area contributed by atoms with Gasteiger partial charge in [-0.3, -0.25) is 0 Å². The van der Waals surface area contributed by atoms with Crippen molar-refractivity contribution >= 4 is 11.3 Å². The maximum atomic E-state index is 5.12. The fourth-order valence-electron chi connectivity index (χ4n) is 1.22. The van der Waals surface area contributed by atoms with Crippen molar-refractivity contribution in [3.05, 3.63) is 28.5 Å². The lowest BCUT2D eigenvalue weighted by molar-refractivity contribution is 0.416. The third-order valence-corrected chi connectivity index (χ3v) is 2.87. The summed E-state index contributed by atoms with van der Waals surface area (Å²) in [6, 6.07) is 2.29. The van der Waals surface area contributed by atoms with Crippen LogP contribution in [0.4, 0.5) is 0 Å². The maximum Gasteiger partial charge on any atom is 0.129 e. The predicted molar refractivity (Wildman–Crippen MR) is 57.5 cm³/mol. The van der Waals surface area contributed by atoms with Crippen LogP contribution in [0.1, 0.15) is 17.8 Å². The molecule has 0 aliphatic rings. The molecule has 1 N–H and O–H groups in total. The Morgan fingerprint density at radius 1 is 1.69 bits per heavy atom. The van der Waals surface area contributed by atoms with Crippen LogP contribution < -0.4 is 10.1 Å². The smallest absolute Gasteiger partial charge is 0.129 e. The number of nitrogens with one attached hydrogen (secondary N) is 1. The van der Waals surface area contributed by atoms with E-state index in [4.69, 9.17) is 4.74 Å². The van der Waals surface area contributed by atoms with Crippen molar-refractivity contribution in [1.29, 1.82) is 0 Å². The minimum absolute atomic E-state index is 0.244. The monoisotopic (exact) mass is 197 g/mol. The number of methoxy groups -OCH3 is 1. The van der Waals surface area contributed by atoms with E-state index in [0.29, 0.717) is 0 Å². The van der Waals surface area contributed by atoms with Crippen LogP contribution in [0.3, 0.4) is 0 Å². The quantitative estimate of drug-likeness (QED) is 0.749. The third-order valence-electron chi connectivity index (χ3n) is 1.90. The molecule has 1 heterocycles. The van der Waals surface area contributed by atoms with Crippen molar-refractivity contribution in [2.24, 2.45) is 0 Å². The Hall–Kier alpha value is -0.800. The molecule has 0 amide bonds. The Morgan fingerprint density at radius 2 is 2.38 bits per heavy atom. The molecule has 0 aromatic carbocycles. The van der Waals surface area contributed by atoms with Crippen molar-refractivity contribution in [3.8, 4) is 5.75 Å². The van der Waals surface area contributed by atoms with Gasteiger partial charge in [-0.25, -0.2) is 0 Å². The highest BCUT2D eigenvalue weighted by molar-refractivity contribution is 7.10. The van der Waals surface area contributed by atoms with Crippen LogP contribution in [0.2, 0.25) is 0 Å². The molecule has 0 radical (unpaired) electrons. The van der Waals surface area contributed by atoms with Gasteiger partial charge in [0.15, 0.2) is 0 Å². The Morgan fingerprint density at radius 3 is 2.77 bits per heavy atom. The van der Waals surface area contributed by atoms with Gasteiger partial charge in [0.05, 0.1) is 13.2 Å². The van der Waals surface area contributed by atoms with Gasteiger partial charge < -0.3 is 10.1 Å². The Balaban J connectivity index is 2.85. The molecular formula is C10H15NOS. The summed E-state index contributed by atoms with van der Waals surface area (Å²) in [4.78, 5) is 1.24. The number of thiophene rings is 1. The molecule has 1 rings (SSSR count). The minimum atomic E-state index is 0.244. The van der Waals surface area contributed by atoms with Crippen LogP contribution in [0.25, 0.3) is 0 Å². The molecule has 0 spiro atoms. The molecule has 0 bridgehead atoms. The molecule has 1 unspecified atom stereocenters. The van der Waals surface area contributed by atoms with Crippen LogP contribution in [-0.4, -0.2) is 14.2 Å². The molecule has 1 aromatic heterocycles. The Labute approximate surface area is 83.2 Å². The fraction of sp³-hybridized carbons (Fsp3) is 0.400. The van der Waals surface area contributed by atoms with Gasteiger partial charge in [0.2, 0.25) is 0 Å². The van der Waals surface area contributed by atoms with Crippen LogP contribution in [-0.2, 0) is 0 Å². The van der Waals surface area contributed by atoms with Crippen LogP contribution in [0.5, 0.6) is 5.75 Å². The molecule has 0 aliphatic heterocycles. The molecule has 13 heavy (non-hydrogen) atoms. The molecule has 72 valence electrons. The summed E-state index contributed by atoms with van der Waals surface area (Å²) in [6.07, 6.45) is 0. The number of hydrogen-bond donors (Lipinski definition) is 1. The largest absolute Gasteiger partial charge is 0.496 e. The van der Waals surface area contributed by atoms with Gasteiger partial charge in [-0.1, -0.05) is 12.2 Å². The van der Waals surface area contributed by atoms with Crippen LogP contribution in [0.15, 0.2) is 23.6 Å². The highest BCUT2D eigenvalue weighted by Crippen LogP contribution is 2.29. The molecule has 2 nitrogen and oxygen atoms in total. The number of rotatable bonds is 4. The van der Waals surface area contributed by atoms with Gasteiger partial charge in [-0.05, 0) is 20.0 Å². The number of hydrogen-bond acceptors (Lipinski definition) is 3. The first-order valence-corrected chi connectivity index (χ1v) is 5.02. The molecule has 0 saturated heterocycles. The van der Waals surface area contributed by atoms with Gasteiger partial charge >= 0.3 is 0 Å². The fourth-order valence-corrected chi connectivity index (χ4v) is 2.28. The van der Waals surface area contributed by atoms with E-state index in [1.54, 1.807) is 18.4 Å². The third kappa shape index (κ3) is 2.32. The van der Waals surface area contributed by atoms with Gasteiger partial charge in [0, 0.05) is 10.3 Å². The lowest BCUT2D eigenvalue weighted by atomic mass is 10.1. The average molecular weight is 197 g/mol. The Kier molecular flexibility index (Phi) is 3.51. The summed E-state index contributed by atoms with van der Waals surface area (Å²) in [5.41, 5.74) is 1.12. The molecule has 1 aromatic rings. The number of likely N-dealkylation sites (N-methyl/N-ethyl adjacent to an activating group) is 1. The van der Waals surface area contributed by atoms with E-state index in [9.17, 15) is 0 Å². The highest BCUT2D eigenvalue weighted by Gasteiger charge is 2.12. The second kappa shape index (κ2) is 4.44. The van der Waals surface area contributed by atoms with E-state index < -0.39 is 0 Å². The molecule has 1 atom stereocenters. The maximum absolute atomic E-state index is 5.12. The van der Waals surface area contributed by atoms with Crippen molar-refractivity contribution in [2.45, 2.75) is 13.0 Å². The van der Waals surface area contributed by atoms with Crippen molar-refractivity contribution in [3.63, 3.8) is 0 Å². The minimum Gasteiger partial charge on any atom is -0.496 e. The van der Waals surface area contributed by atoms with Crippen molar-refractivity contribution in [2.75, 3.05) is 14.2 Å². The summed E-state index contributed by atoms with van der Waals surface area (Å²) in [5.74, 6) is 0.918. The normalized spacial score (nSPS) is 12.5. The zero-order valence-electron chi connectivity index (χ0n) is 8.26. The van der Waals surface area contributed by atoms with Crippen molar-refractivity contribution < 1.29 is 4.74 Å². The molecular weight excluding hydrogens is 182 g/mol. The van der Waals surface area contributed by atoms with Gasteiger partial charge in [0.1, 0.15) is 5.75 Å². The second-order valence-electron chi connectivity index (χ2n) is 2.96. The first-order chi connectivity index (χ1) is 6.19. The molecule has 3 heteroatoms. The van der Waals surface area contributed by atoms with Crippen molar-refractivity contribution in [1.82, 2.24) is 5.32 Å². The van der Waals surface area contributed by atoms with Gasteiger partial charge in [-0.2, -0.15) is 0 Å². The molecule has 0 fully saturated rings. The van der Waals surface area contributed by atoms with E-state index in [-0.39, 0.29) is 6.04 Å². The average Bonchev–Trinajstić information content (AvgIpc) is 2.53. The lowest BCUT2D eigenvalue weighted by Crippen LogP contribution is -2.15. The molecule has 0 saturated carbocycles. The zero-order valence-corrected chi connectivity index (χ0v) is 9.07. The highest BCUT2D eigenvalue weighted by atomic mass is 32.1. The standard InChI is InChI=1S/C10H15NOS/c1-7(2)10(11-3)9-5-8(12-4)6-13-9/h5-6,10-11H,1H2,2-4H3. The van der Waals surface area contributed by atoms with Crippen LogP contribution in [0, 0.1) is 0 Å². The summed E-state index contributed by atoms with van der Waals surface area (Å²) in [5, 5.41) is 5.21. The summed E-state index contributed by atoms with van der Waals surface area (Å²) in [6.45, 7) is 5.96. The van der Waals surface area contributed by atoms with E-state index >= 15 is 0 Å². The first kappa shape index (κ1) is 10.3. The van der Waals surface area contributed by atoms with E-state index in [1.807, 2.05) is 25.4 Å². The first-order valence-electron chi connectivity index (χ1n) is 4.14. The summed E-state index contributed by atoms with van der Waals surface area (Å²) < 4.78 is 5.12. The zero-order chi connectivity index (χ0) is 9.84. The van der Waals surface area contributed by atoms with E-state index in [0.717, 1.165) is 11.3 Å². The van der Waals surface area contributed by atoms with E-state index in [2.05, 4.69) is 11.9 Å². The predicted octanol–water partition coefficient (Wildman–Crippen LogP) is 2.59. The Bertz CT molecular complexity index is 293. The topological polar surface area (TPSA) is 21.3 Å². The summed E-state index contributed by atoms with van der Waals surface area (Å²) in [7, 11) is 3.62. The summed E-state index contributed by atoms with van der Waals surface area (Å²) >= 11 is 1.69. The SMILES string of the molecule is C=C(C)C(NC)c1cc(OC)cs1. The number of ether oxygens (including phenoxy) is 1. The second-order valence-corrected chi connectivity index (χ2v) is 3.90. The van der Waals surface area contributed by atoms with E-state index in [1.165, 1.54) is 4.88 Å².